The molecule has 0 radical (unpaired) electrons. The number of benzene rings is 2. The second-order valence-corrected chi connectivity index (χ2v) is 8.77. The Morgan fingerprint density at radius 3 is 2.30 bits per heavy atom. The maximum absolute atomic E-state index is 13.1. The molecule has 0 saturated heterocycles. The lowest BCUT2D eigenvalue weighted by molar-refractivity contribution is 0.126. The van der Waals surface area contributed by atoms with Gasteiger partial charge in [-0.3, -0.25) is 4.79 Å². The molecule has 0 amide bonds. The van der Waals surface area contributed by atoms with Crippen molar-refractivity contribution in [2.75, 3.05) is 14.2 Å². The van der Waals surface area contributed by atoms with Crippen LogP contribution < -0.4 is 15.0 Å². The van der Waals surface area contributed by atoms with Gasteiger partial charge in [0.25, 0.3) is 5.56 Å². The number of methoxy groups -OCH3 is 2. The van der Waals surface area contributed by atoms with Gasteiger partial charge in [0.15, 0.2) is 0 Å². The Morgan fingerprint density at radius 1 is 0.970 bits per heavy atom. The summed E-state index contributed by atoms with van der Waals surface area (Å²) >= 11 is 6.27. The van der Waals surface area contributed by atoms with E-state index in [0.717, 1.165) is 16.7 Å². The lowest BCUT2D eigenvalue weighted by atomic mass is 9.91. The van der Waals surface area contributed by atoms with Crippen molar-refractivity contribution < 1.29 is 19.7 Å². The zero-order valence-electron chi connectivity index (χ0n) is 19.3. The Morgan fingerprint density at radius 2 is 1.67 bits per heavy atom. The molecule has 3 aromatic rings. The van der Waals surface area contributed by atoms with E-state index in [1.165, 1.54) is 10.6 Å². The standard InChI is InChI=1S/C26H30ClNO5/c1-16(2)24(30)9-17-5-7-20(27)10-22(17)23-12-26(31)28(14-19(23)15-29)13-18-6-8-21(32-3)11-25(18)33-4/h5-8,10-12,14,16,24,29-30H,9,13,15H2,1-4H3. The van der Waals surface area contributed by atoms with Crippen LogP contribution in [0.1, 0.15) is 30.5 Å². The average molecular weight is 472 g/mol. The number of nitrogens with zero attached hydrogens (tertiary/aromatic N) is 1. The van der Waals surface area contributed by atoms with E-state index < -0.39 is 6.10 Å². The Hall–Kier alpha value is -2.80. The van der Waals surface area contributed by atoms with Crippen LogP contribution in [-0.2, 0) is 19.6 Å². The molecule has 0 saturated carbocycles. The van der Waals surface area contributed by atoms with Gasteiger partial charge < -0.3 is 24.3 Å². The fourth-order valence-electron chi connectivity index (χ4n) is 3.73. The zero-order chi connectivity index (χ0) is 24.1. The van der Waals surface area contributed by atoms with Crippen molar-refractivity contribution in [2.24, 2.45) is 5.92 Å². The van der Waals surface area contributed by atoms with Crippen LogP contribution in [0.25, 0.3) is 11.1 Å². The second-order valence-electron chi connectivity index (χ2n) is 8.33. The molecule has 0 bridgehead atoms. The molecule has 1 aromatic heterocycles. The predicted octanol–water partition coefficient (Wildman–Crippen LogP) is 4.29. The minimum atomic E-state index is -0.537. The SMILES string of the molecule is COc1ccc(Cn2cc(CO)c(-c3cc(Cl)ccc3CC(O)C(C)C)cc2=O)c(OC)c1. The molecule has 176 valence electrons. The predicted molar refractivity (Wildman–Crippen MR) is 130 cm³/mol. The van der Waals surface area contributed by atoms with Crippen molar-refractivity contribution >= 4 is 11.6 Å². The molecule has 0 fully saturated rings. The number of aliphatic hydroxyl groups is 2. The molecular weight excluding hydrogens is 442 g/mol. The van der Waals surface area contributed by atoms with Gasteiger partial charge in [-0.2, -0.15) is 0 Å². The molecule has 33 heavy (non-hydrogen) atoms. The number of aromatic nitrogens is 1. The summed E-state index contributed by atoms with van der Waals surface area (Å²) in [5.41, 5.74) is 3.37. The number of hydrogen-bond donors (Lipinski definition) is 2. The lowest BCUT2D eigenvalue weighted by Crippen LogP contribution is -2.22. The molecule has 1 unspecified atom stereocenters. The molecule has 0 spiro atoms. The lowest BCUT2D eigenvalue weighted by Gasteiger charge is -2.19. The summed E-state index contributed by atoms with van der Waals surface area (Å²) in [6.45, 7) is 3.92. The molecule has 0 aliphatic rings. The molecule has 0 aliphatic carbocycles. The highest BCUT2D eigenvalue weighted by molar-refractivity contribution is 6.30. The molecule has 0 aliphatic heterocycles. The number of hydrogen-bond acceptors (Lipinski definition) is 5. The van der Waals surface area contributed by atoms with Gasteiger partial charge in [0.1, 0.15) is 11.5 Å². The Balaban J connectivity index is 2.05. The highest BCUT2D eigenvalue weighted by atomic mass is 35.5. The van der Waals surface area contributed by atoms with Crippen LogP contribution in [-0.4, -0.2) is 35.1 Å². The largest absolute Gasteiger partial charge is 0.497 e. The van der Waals surface area contributed by atoms with E-state index in [9.17, 15) is 15.0 Å². The third kappa shape index (κ3) is 5.77. The summed E-state index contributed by atoms with van der Waals surface area (Å²) in [6.07, 6.45) is 1.54. The number of pyridine rings is 1. The summed E-state index contributed by atoms with van der Waals surface area (Å²) in [4.78, 5) is 13.1. The highest BCUT2D eigenvalue weighted by Gasteiger charge is 2.18. The summed E-state index contributed by atoms with van der Waals surface area (Å²) in [7, 11) is 3.14. The van der Waals surface area contributed by atoms with Gasteiger partial charge in [-0.05, 0) is 53.3 Å². The van der Waals surface area contributed by atoms with Crippen molar-refractivity contribution in [3.63, 3.8) is 0 Å². The van der Waals surface area contributed by atoms with Gasteiger partial charge in [-0.1, -0.05) is 31.5 Å². The second kappa shape index (κ2) is 10.9. The first-order valence-electron chi connectivity index (χ1n) is 10.8. The molecule has 1 atom stereocenters. The topological polar surface area (TPSA) is 80.9 Å². The molecule has 2 N–H and O–H groups in total. The number of halogens is 1. The molecular formula is C26H30ClNO5. The van der Waals surface area contributed by atoms with Crippen molar-refractivity contribution in [2.45, 2.75) is 39.5 Å². The molecule has 6 nitrogen and oxygen atoms in total. The van der Waals surface area contributed by atoms with Crippen LogP contribution in [0.2, 0.25) is 5.02 Å². The van der Waals surface area contributed by atoms with Gasteiger partial charge >= 0.3 is 0 Å². The summed E-state index contributed by atoms with van der Waals surface area (Å²) in [5.74, 6) is 1.35. The van der Waals surface area contributed by atoms with Crippen LogP contribution in [0.3, 0.4) is 0 Å². The van der Waals surface area contributed by atoms with Gasteiger partial charge in [0, 0.05) is 34.5 Å². The molecule has 2 aromatic carbocycles. The van der Waals surface area contributed by atoms with E-state index in [2.05, 4.69) is 0 Å². The first-order chi connectivity index (χ1) is 15.8. The van der Waals surface area contributed by atoms with Crippen molar-refractivity contribution in [3.8, 4) is 22.6 Å². The van der Waals surface area contributed by atoms with Crippen LogP contribution in [0.5, 0.6) is 11.5 Å². The minimum Gasteiger partial charge on any atom is -0.497 e. The Labute approximate surface area is 199 Å². The average Bonchev–Trinajstić information content (AvgIpc) is 2.81. The normalized spacial score (nSPS) is 12.1. The smallest absolute Gasteiger partial charge is 0.251 e. The molecule has 7 heteroatoms. The van der Waals surface area contributed by atoms with Crippen LogP contribution in [0.15, 0.2) is 53.5 Å². The van der Waals surface area contributed by atoms with E-state index in [1.54, 1.807) is 38.6 Å². The summed E-state index contributed by atoms with van der Waals surface area (Å²) < 4.78 is 12.2. The number of ether oxygens (including phenoxy) is 2. The number of rotatable bonds is 9. The Kier molecular flexibility index (Phi) is 8.19. The zero-order valence-corrected chi connectivity index (χ0v) is 20.1. The van der Waals surface area contributed by atoms with Crippen LogP contribution in [0.4, 0.5) is 0 Å². The quantitative estimate of drug-likeness (QED) is 0.486. The van der Waals surface area contributed by atoms with E-state index >= 15 is 0 Å². The molecule has 3 rings (SSSR count). The van der Waals surface area contributed by atoms with Crippen molar-refractivity contribution in [1.29, 1.82) is 0 Å². The first kappa shape index (κ1) is 24.8. The summed E-state index contributed by atoms with van der Waals surface area (Å²) in [5, 5.41) is 21.1. The van der Waals surface area contributed by atoms with E-state index in [-0.39, 0.29) is 24.6 Å². The maximum atomic E-state index is 13.1. The van der Waals surface area contributed by atoms with Crippen LogP contribution >= 0.6 is 11.6 Å². The summed E-state index contributed by atoms with van der Waals surface area (Å²) in [6, 6.07) is 12.3. The highest BCUT2D eigenvalue weighted by Crippen LogP contribution is 2.31. The van der Waals surface area contributed by atoms with Gasteiger partial charge in [-0.15, -0.1) is 0 Å². The fourth-order valence-corrected chi connectivity index (χ4v) is 3.90. The maximum Gasteiger partial charge on any atom is 0.251 e. The molecule has 1 heterocycles. The van der Waals surface area contributed by atoms with E-state index in [0.29, 0.717) is 34.1 Å². The van der Waals surface area contributed by atoms with Crippen LogP contribution in [0, 0.1) is 5.92 Å². The van der Waals surface area contributed by atoms with Gasteiger partial charge in [-0.25, -0.2) is 0 Å². The minimum absolute atomic E-state index is 0.0818. The first-order valence-corrected chi connectivity index (χ1v) is 11.2. The fraction of sp³-hybridized carbons (Fsp3) is 0.346. The third-order valence-corrected chi connectivity index (χ3v) is 6.01. The Bertz CT molecular complexity index is 1170. The third-order valence-electron chi connectivity index (χ3n) is 5.77. The van der Waals surface area contributed by atoms with E-state index in [1.807, 2.05) is 32.0 Å². The van der Waals surface area contributed by atoms with Crippen molar-refractivity contribution in [1.82, 2.24) is 4.57 Å². The van der Waals surface area contributed by atoms with Crippen molar-refractivity contribution in [3.05, 3.63) is 80.7 Å². The van der Waals surface area contributed by atoms with Gasteiger partial charge in [0.2, 0.25) is 0 Å². The number of aliphatic hydroxyl groups excluding tert-OH is 2. The van der Waals surface area contributed by atoms with E-state index in [4.69, 9.17) is 21.1 Å². The van der Waals surface area contributed by atoms with Gasteiger partial charge in [0.05, 0.1) is 33.5 Å². The monoisotopic (exact) mass is 471 g/mol.